The number of para-hydroxylation sites is 5. The molecule has 3 aromatic heterocycles. The van der Waals surface area contributed by atoms with E-state index in [4.69, 9.17) is 2.74 Å². The fourth-order valence-corrected chi connectivity index (χ4v) is 9.72. The molecule has 294 valence electrons. The molecule has 0 saturated carbocycles. The van der Waals surface area contributed by atoms with Gasteiger partial charge in [-0.1, -0.05) is 164 Å². The Bertz CT molecular complexity index is 4250. The molecule has 10 aromatic carbocycles. The Morgan fingerprint density at radius 2 is 0.857 bits per heavy atom. The first kappa shape index (κ1) is 29.0. The summed E-state index contributed by atoms with van der Waals surface area (Å²) >= 11 is 0. The van der Waals surface area contributed by atoms with Crippen LogP contribution in [0.1, 0.15) is 9.60 Å². The third-order valence-electron chi connectivity index (χ3n) is 12.5. The second kappa shape index (κ2) is 14.1. The van der Waals surface area contributed by atoms with Crippen LogP contribution in [0.2, 0.25) is 0 Å². The van der Waals surface area contributed by atoms with E-state index in [0.29, 0.717) is 16.9 Å². The number of nitrogens with zero attached hydrogens (tertiary/aromatic N) is 3. The van der Waals surface area contributed by atoms with Crippen LogP contribution >= 0.6 is 0 Å². The molecular weight excluding hydrogens is 763 g/mol. The second-order valence-electron chi connectivity index (χ2n) is 15.9. The summed E-state index contributed by atoms with van der Waals surface area (Å²) in [4.78, 5) is 0. The first-order chi connectivity index (χ1) is 34.2. The lowest BCUT2D eigenvalue weighted by Crippen LogP contribution is -2.03. The van der Waals surface area contributed by atoms with Gasteiger partial charge in [-0.15, -0.1) is 0 Å². The Morgan fingerprint density at radius 3 is 1.59 bits per heavy atom. The monoisotopic (exact) mass is 808 g/mol. The molecule has 13 rings (SSSR count). The molecule has 3 heteroatoms. The lowest BCUT2D eigenvalue weighted by molar-refractivity contribution is 1.10. The molecular formula is C60H39N3. The van der Waals surface area contributed by atoms with Crippen molar-refractivity contribution in [3.05, 3.63) is 236 Å². The highest BCUT2D eigenvalue weighted by Crippen LogP contribution is 2.43. The zero-order valence-corrected chi connectivity index (χ0v) is 33.8. The molecule has 3 heterocycles. The SMILES string of the molecule is [2H]c1c([2H])c([2H])c2c(c1[2H])c1c([2H])c(-c3ccc4c(c3)c3c(-c5ccccc5)cccc3n4-c3ccc(-c4ccccc4)cc3)c([2H])c([2H])c1n2-c1ccccc1-n1c2ccccc2c2ccccc21. The van der Waals surface area contributed by atoms with Crippen LogP contribution < -0.4 is 0 Å². The van der Waals surface area contributed by atoms with Crippen molar-refractivity contribution in [1.82, 2.24) is 13.7 Å². The van der Waals surface area contributed by atoms with Crippen LogP contribution in [0.25, 0.3) is 116 Å². The lowest BCUT2D eigenvalue weighted by Gasteiger charge is -2.16. The molecule has 13 aromatic rings. The minimum atomic E-state index is -0.436. The predicted molar refractivity (Wildman–Crippen MR) is 266 cm³/mol. The normalized spacial score (nSPS) is 13.4. The fourth-order valence-electron chi connectivity index (χ4n) is 9.72. The standard InChI is InChI=1S/C60H39N3/c1-3-16-40(17-4-1)41-30-34-45(35-31-41)61-56-37-33-44(39-51(56)60-46(23-15-29-59(60)61)42-18-5-2-6-19-42)43-32-36-55-50(38-43)49-22-9-12-26-54(49)63(55)58-28-14-13-27-57(58)62-52-24-10-7-20-47(52)48-21-8-11-25-53(48)62/h1-39H/i9D,12D,22D,26D,32D,36D,38D. The maximum Gasteiger partial charge on any atom is 0.0702 e. The van der Waals surface area contributed by atoms with Crippen LogP contribution in [-0.4, -0.2) is 13.7 Å². The van der Waals surface area contributed by atoms with Crippen molar-refractivity contribution in [2.24, 2.45) is 0 Å². The Hall–Kier alpha value is -8.40. The Labute approximate surface area is 374 Å². The van der Waals surface area contributed by atoms with Gasteiger partial charge in [-0.25, -0.2) is 0 Å². The number of hydrogen-bond acceptors (Lipinski definition) is 0. The van der Waals surface area contributed by atoms with Crippen molar-refractivity contribution < 1.29 is 9.60 Å². The van der Waals surface area contributed by atoms with Crippen molar-refractivity contribution in [3.8, 4) is 50.4 Å². The largest absolute Gasteiger partial charge is 0.309 e. The molecule has 0 atom stereocenters. The van der Waals surface area contributed by atoms with E-state index < -0.39 is 12.1 Å². The smallest absolute Gasteiger partial charge is 0.0702 e. The Balaban J connectivity index is 1.10. The number of hydrogen-bond donors (Lipinski definition) is 0. The quantitative estimate of drug-likeness (QED) is 0.159. The van der Waals surface area contributed by atoms with Gasteiger partial charge in [0.1, 0.15) is 0 Å². The molecule has 0 bridgehead atoms. The van der Waals surface area contributed by atoms with Gasteiger partial charge in [0, 0.05) is 38.0 Å². The zero-order chi connectivity index (χ0) is 47.5. The Morgan fingerprint density at radius 1 is 0.302 bits per heavy atom. The zero-order valence-electron chi connectivity index (χ0n) is 40.8. The molecule has 0 aliphatic rings. The maximum atomic E-state index is 10.2. The van der Waals surface area contributed by atoms with E-state index in [1.165, 1.54) is 0 Å². The molecule has 0 amide bonds. The van der Waals surface area contributed by atoms with E-state index in [-0.39, 0.29) is 57.6 Å². The van der Waals surface area contributed by atoms with E-state index in [0.717, 1.165) is 71.6 Å². The molecule has 0 radical (unpaired) electrons. The summed E-state index contributed by atoms with van der Waals surface area (Å²) < 4.78 is 72.8. The predicted octanol–water partition coefficient (Wildman–Crippen LogP) is 16.0. The van der Waals surface area contributed by atoms with Crippen molar-refractivity contribution >= 4 is 65.4 Å². The van der Waals surface area contributed by atoms with E-state index in [1.807, 2.05) is 103 Å². The van der Waals surface area contributed by atoms with E-state index in [2.05, 4.69) is 100 Å². The molecule has 0 unspecified atom stereocenters. The van der Waals surface area contributed by atoms with Gasteiger partial charge in [-0.3, -0.25) is 0 Å². The summed E-state index contributed by atoms with van der Waals surface area (Å²) in [5, 5.41) is 4.29. The third-order valence-corrected chi connectivity index (χ3v) is 12.5. The van der Waals surface area contributed by atoms with Crippen molar-refractivity contribution in [2.75, 3.05) is 0 Å². The number of fused-ring (bicyclic) bond motifs is 9. The summed E-state index contributed by atoms with van der Waals surface area (Å²) in [5.41, 5.74) is 11.3. The summed E-state index contributed by atoms with van der Waals surface area (Å²) in [5.74, 6) is 0. The Kier molecular flexibility index (Phi) is 6.48. The van der Waals surface area contributed by atoms with Gasteiger partial charge < -0.3 is 13.7 Å². The van der Waals surface area contributed by atoms with Crippen LogP contribution in [0.15, 0.2) is 236 Å². The first-order valence-corrected chi connectivity index (χ1v) is 21.1. The topological polar surface area (TPSA) is 14.8 Å². The summed E-state index contributed by atoms with van der Waals surface area (Å²) in [6.07, 6.45) is 0. The van der Waals surface area contributed by atoms with E-state index >= 15 is 0 Å². The van der Waals surface area contributed by atoms with Gasteiger partial charge in [-0.2, -0.15) is 0 Å². The van der Waals surface area contributed by atoms with E-state index in [9.17, 15) is 6.85 Å². The number of aromatic nitrogens is 3. The van der Waals surface area contributed by atoms with Gasteiger partial charge in [0.2, 0.25) is 0 Å². The van der Waals surface area contributed by atoms with Gasteiger partial charge >= 0.3 is 0 Å². The van der Waals surface area contributed by atoms with Crippen LogP contribution in [-0.2, 0) is 0 Å². The van der Waals surface area contributed by atoms with Crippen molar-refractivity contribution in [3.63, 3.8) is 0 Å². The van der Waals surface area contributed by atoms with Crippen LogP contribution in [0.4, 0.5) is 0 Å². The van der Waals surface area contributed by atoms with Crippen LogP contribution in [0, 0.1) is 0 Å². The fraction of sp³-hybridized carbons (Fsp3) is 0. The number of rotatable bonds is 6. The van der Waals surface area contributed by atoms with Gasteiger partial charge in [0.05, 0.1) is 54.1 Å². The van der Waals surface area contributed by atoms with Crippen molar-refractivity contribution in [1.29, 1.82) is 0 Å². The molecule has 0 saturated heterocycles. The molecule has 3 nitrogen and oxygen atoms in total. The van der Waals surface area contributed by atoms with Crippen molar-refractivity contribution in [2.45, 2.75) is 0 Å². The van der Waals surface area contributed by atoms with E-state index in [1.54, 1.807) is 4.57 Å². The number of benzene rings is 10. The molecule has 63 heavy (non-hydrogen) atoms. The lowest BCUT2D eigenvalue weighted by atomic mass is 9.97. The molecule has 0 aliphatic carbocycles. The summed E-state index contributed by atoms with van der Waals surface area (Å²) in [7, 11) is 0. The highest BCUT2D eigenvalue weighted by molar-refractivity contribution is 6.17. The van der Waals surface area contributed by atoms with Crippen LogP contribution in [0.3, 0.4) is 0 Å². The first-order valence-electron chi connectivity index (χ1n) is 24.6. The second-order valence-corrected chi connectivity index (χ2v) is 15.9. The molecule has 0 spiro atoms. The molecule has 0 fully saturated rings. The minimum absolute atomic E-state index is 0.0954. The van der Waals surface area contributed by atoms with Gasteiger partial charge in [0.25, 0.3) is 0 Å². The van der Waals surface area contributed by atoms with Crippen LogP contribution in [0.5, 0.6) is 0 Å². The summed E-state index contributed by atoms with van der Waals surface area (Å²) in [6, 6.07) is 63.2. The summed E-state index contributed by atoms with van der Waals surface area (Å²) in [6.45, 7) is 0. The average Bonchev–Trinajstić information content (AvgIpc) is 4.06. The molecule has 0 aliphatic heterocycles. The van der Waals surface area contributed by atoms with Gasteiger partial charge in [0.15, 0.2) is 0 Å². The highest BCUT2D eigenvalue weighted by Gasteiger charge is 2.21. The molecule has 0 N–H and O–H groups in total. The highest BCUT2D eigenvalue weighted by atomic mass is 15.1. The average molecular weight is 809 g/mol. The third kappa shape index (κ3) is 5.46. The minimum Gasteiger partial charge on any atom is -0.309 e. The van der Waals surface area contributed by atoms with Gasteiger partial charge in [-0.05, 0) is 106 Å². The maximum absolute atomic E-state index is 10.2.